The zero-order chi connectivity index (χ0) is 21.7. The van der Waals surface area contributed by atoms with E-state index in [-0.39, 0.29) is 23.4 Å². The summed E-state index contributed by atoms with van der Waals surface area (Å²) in [5.74, 6) is 1.14. The maximum atomic E-state index is 13.0. The van der Waals surface area contributed by atoms with Crippen LogP contribution in [0, 0.1) is 11.2 Å². The molecule has 0 aliphatic heterocycles. The van der Waals surface area contributed by atoms with E-state index in [0.29, 0.717) is 29.5 Å². The van der Waals surface area contributed by atoms with Gasteiger partial charge in [0.15, 0.2) is 11.5 Å². The second-order valence-electron chi connectivity index (χ2n) is 8.04. The van der Waals surface area contributed by atoms with Crippen molar-refractivity contribution in [1.29, 1.82) is 0 Å². The summed E-state index contributed by atoms with van der Waals surface area (Å²) in [4.78, 5) is 12.5. The van der Waals surface area contributed by atoms with Crippen molar-refractivity contribution in [3.8, 4) is 22.9 Å². The van der Waals surface area contributed by atoms with Gasteiger partial charge in [0.05, 0.1) is 25.6 Å². The van der Waals surface area contributed by atoms with E-state index in [2.05, 4.69) is 25.9 Å². The third-order valence-corrected chi connectivity index (χ3v) is 4.15. The predicted molar refractivity (Wildman–Crippen MR) is 112 cm³/mol. The SMILES string of the molecule is COc1cc(-n2ncc(OCc3ccc(F)cc3)cc2=O)ccc1OCC(C)(C)C. The zero-order valence-corrected chi connectivity index (χ0v) is 17.5. The van der Waals surface area contributed by atoms with E-state index < -0.39 is 0 Å². The van der Waals surface area contributed by atoms with Gasteiger partial charge >= 0.3 is 0 Å². The fourth-order valence-corrected chi connectivity index (χ4v) is 2.61. The third kappa shape index (κ3) is 5.59. The Morgan fingerprint density at radius 3 is 2.37 bits per heavy atom. The van der Waals surface area contributed by atoms with Gasteiger partial charge < -0.3 is 14.2 Å². The number of methoxy groups -OCH3 is 1. The normalized spacial score (nSPS) is 11.2. The molecule has 0 N–H and O–H groups in total. The van der Waals surface area contributed by atoms with Crippen molar-refractivity contribution in [1.82, 2.24) is 9.78 Å². The molecule has 3 rings (SSSR count). The molecule has 0 bridgehead atoms. The van der Waals surface area contributed by atoms with Crippen molar-refractivity contribution in [2.75, 3.05) is 13.7 Å². The molecule has 0 aliphatic carbocycles. The fourth-order valence-electron chi connectivity index (χ4n) is 2.61. The van der Waals surface area contributed by atoms with Crippen LogP contribution in [0.5, 0.6) is 17.2 Å². The summed E-state index contributed by atoms with van der Waals surface area (Å²) >= 11 is 0. The summed E-state index contributed by atoms with van der Waals surface area (Å²) < 4.78 is 31.1. The Balaban J connectivity index is 1.75. The van der Waals surface area contributed by atoms with Gasteiger partial charge in [-0.1, -0.05) is 32.9 Å². The molecule has 2 aromatic carbocycles. The first-order valence-electron chi connectivity index (χ1n) is 9.53. The number of hydrogen-bond acceptors (Lipinski definition) is 5. The molecule has 30 heavy (non-hydrogen) atoms. The first kappa shape index (κ1) is 21.4. The predicted octanol–water partition coefficient (Wildman–Crippen LogP) is 4.38. The lowest BCUT2D eigenvalue weighted by Crippen LogP contribution is -2.20. The number of aromatic nitrogens is 2. The summed E-state index contributed by atoms with van der Waals surface area (Å²) in [6, 6.07) is 12.5. The Hall–Kier alpha value is -3.35. The molecule has 0 saturated carbocycles. The van der Waals surface area contributed by atoms with E-state index in [9.17, 15) is 9.18 Å². The minimum atomic E-state index is -0.350. The monoisotopic (exact) mass is 412 g/mol. The van der Waals surface area contributed by atoms with Crippen LogP contribution in [0.25, 0.3) is 5.69 Å². The van der Waals surface area contributed by atoms with Crippen molar-refractivity contribution >= 4 is 0 Å². The van der Waals surface area contributed by atoms with E-state index in [1.807, 2.05) is 0 Å². The average Bonchev–Trinajstić information content (AvgIpc) is 2.71. The molecule has 1 heterocycles. The van der Waals surface area contributed by atoms with Crippen LogP contribution in [-0.4, -0.2) is 23.5 Å². The summed E-state index contributed by atoms with van der Waals surface area (Å²) in [5, 5.41) is 4.19. The molecule has 0 aliphatic rings. The molecule has 0 radical (unpaired) electrons. The topological polar surface area (TPSA) is 62.6 Å². The van der Waals surface area contributed by atoms with Crippen molar-refractivity contribution in [2.24, 2.45) is 5.41 Å². The molecule has 0 amide bonds. The fraction of sp³-hybridized carbons (Fsp3) is 0.304. The largest absolute Gasteiger partial charge is 0.493 e. The van der Waals surface area contributed by atoms with E-state index in [1.54, 1.807) is 37.4 Å². The second kappa shape index (κ2) is 8.98. The van der Waals surface area contributed by atoms with Crippen LogP contribution in [0.3, 0.4) is 0 Å². The van der Waals surface area contributed by atoms with Crippen molar-refractivity contribution in [3.63, 3.8) is 0 Å². The van der Waals surface area contributed by atoms with Gasteiger partial charge in [0.1, 0.15) is 18.2 Å². The minimum Gasteiger partial charge on any atom is -0.493 e. The van der Waals surface area contributed by atoms with Crippen molar-refractivity contribution in [2.45, 2.75) is 27.4 Å². The lowest BCUT2D eigenvalue weighted by molar-refractivity contribution is 0.191. The Labute approximate surface area is 174 Å². The van der Waals surface area contributed by atoms with E-state index >= 15 is 0 Å². The molecule has 0 atom stereocenters. The van der Waals surface area contributed by atoms with Crippen LogP contribution < -0.4 is 19.8 Å². The zero-order valence-electron chi connectivity index (χ0n) is 17.5. The van der Waals surface area contributed by atoms with Gasteiger partial charge in [-0.3, -0.25) is 4.79 Å². The summed E-state index contributed by atoms with van der Waals surface area (Å²) in [6.07, 6.45) is 1.46. The van der Waals surface area contributed by atoms with Crippen LogP contribution in [-0.2, 0) is 6.61 Å². The molecule has 158 valence electrons. The molecular formula is C23H25FN2O4. The second-order valence-corrected chi connectivity index (χ2v) is 8.04. The van der Waals surface area contributed by atoms with Crippen LogP contribution in [0.15, 0.2) is 59.5 Å². The van der Waals surface area contributed by atoms with Gasteiger partial charge in [0.25, 0.3) is 5.56 Å². The molecule has 0 fully saturated rings. The van der Waals surface area contributed by atoms with Crippen LogP contribution in [0.4, 0.5) is 4.39 Å². The summed E-state index contributed by atoms with van der Waals surface area (Å²) in [6.45, 7) is 6.98. The molecule has 1 aromatic heterocycles. The van der Waals surface area contributed by atoms with Crippen LogP contribution in [0.2, 0.25) is 0 Å². The highest BCUT2D eigenvalue weighted by molar-refractivity contribution is 5.48. The molecule has 0 unspecified atom stereocenters. The molecule has 6 nitrogen and oxygen atoms in total. The van der Waals surface area contributed by atoms with Gasteiger partial charge in [-0.15, -0.1) is 0 Å². The van der Waals surface area contributed by atoms with Gasteiger partial charge in [0, 0.05) is 12.1 Å². The smallest absolute Gasteiger partial charge is 0.275 e. The Morgan fingerprint density at radius 1 is 1.00 bits per heavy atom. The molecular weight excluding hydrogens is 387 g/mol. The van der Waals surface area contributed by atoms with E-state index in [0.717, 1.165) is 5.56 Å². The molecule has 7 heteroatoms. The van der Waals surface area contributed by atoms with Gasteiger partial charge in [-0.05, 0) is 35.2 Å². The van der Waals surface area contributed by atoms with Crippen LogP contribution >= 0.6 is 0 Å². The van der Waals surface area contributed by atoms with Crippen LogP contribution in [0.1, 0.15) is 26.3 Å². The Morgan fingerprint density at radius 2 is 1.73 bits per heavy atom. The number of ether oxygens (including phenoxy) is 3. The number of rotatable bonds is 7. The third-order valence-electron chi connectivity index (χ3n) is 4.15. The number of hydrogen-bond donors (Lipinski definition) is 0. The quantitative estimate of drug-likeness (QED) is 0.576. The van der Waals surface area contributed by atoms with Crippen molar-refractivity contribution < 1.29 is 18.6 Å². The molecule has 0 spiro atoms. The lowest BCUT2D eigenvalue weighted by Gasteiger charge is -2.20. The first-order valence-corrected chi connectivity index (χ1v) is 9.53. The van der Waals surface area contributed by atoms with E-state index in [4.69, 9.17) is 14.2 Å². The van der Waals surface area contributed by atoms with Gasteiger partial charge in [0.2, 0.25) is 0 Å². The maximum absolute atomic E-state index is 13.0. The number of benzene rings is 2. The highest BCUT2D eigenvalue weighted by Crippen LogP contribution is 2.30. The minimum absolute atomic E-state index is 0.00587. The molecule has 3 aromatic rings. The highest BCUT2D eigenvalue weighted by Gasteiger charge is 2.14. The summed E-state index contributed by atoms with van der Waals surface area (Å²) in [5.41, 5.74) is 0.990. The first-order chi connectivity index (χ1) is 14.2. The highest BCUT2D eigenvalue weighted by atomic mass is 19.1. The number of halogens is 1. The van der Waals surface area contributed by atoms with Crippen molar-refractivity contribution in [3.05, 3.63) is 76.5 Å². The lowest BCUT2D eigenvalue weighted by atomic mass is 9.99. The van der Waals surface area contributed by atoms with Gasteiger partial charge in [-0.2, -0.15) is 9.78 Å². The maximum Gasteiger partial charge on any atom is 0.275 e. The Kier molecular flexibility index (Phi) is 6.40. The van der Waals surface area contributed by atoms with Gasteiger partial charge in [-0.25, -0.2) is 4.39 Å². The average molecular weight is 412 g/mol. The number of nitrogens with zero attached hydrogens (tertiary/aromatic N) is 2. The molecule has 0 saturated heterocycles. The van der Waals surface area contributed by atoms with E-state index in [1.165, 1.54) is 29.1 Å². The standard InChI is InChI=1S/C23H25FN2O4/c1-23(2,3)15-30-20-10-9-18(11-21(20)28-4)26-22(27)12-19(13-25-26)29-14-16-5-7-17(24)8-6-16/h5-13H,14-15H2,1-4H3. The summed E-state index contributed by atoms with van der Waals surface area (Å²) in [7, 11) is 1.55. The Bertz CT molecular complexity index is 1060.